The van der Waals surface area contributed by atoms with Gasteiger partial charge in [0, 0.05) is 5.69 Å². The number of amides is 1. The number of carbonyl (C=O) groups excluding carboxylic acids is 1. The molecule has 0 saturated heterocycles. The van der Waals surface area contributed by atoms with Crippen LogP contribution in [-0.4, -0.2) is 5.91 Å². The number of nitrogens with zero attached hydrogens (tertiary/aromatic N) is 1. The van der Waals surface area contributed by atoms with Crippen molar-refractivity contribution in [3.05, 3.63) is 65.5 Å². The molecule has 0 heterocycles. The fourth-order valence-electron chi connectivity index (χ4n) is 1.73. The Labute approximate surface area is 110 Å². The fourth-order valence-corrected chi connectivity index (χ4v) is 1.73. The van der Waals surface area contributed by atoms with Crippen LogP contribution < -0.4 is 5.32 Å². The quantitative estimate of drug-likeness (QED) is 0.915. The first-order valence-corrected chi connectivity index (χ1v) is 5.72. The smallest absolute Gasteiger partial charge is 0.228 e. The molecule has 0 bridgehead atoms. The number of hydrogen-bond donors (Lipinski definition) is 1. The second-order valence-corrected chi connectivity index (χ2v) is 4.00. The summed E-state index contributed by atoms with van der Waals surface area (Å²) in [7, 11) is 0. The maximum Gasteiger partial charge on any atom is 0.228 e. The van der Waals surface area contributed by atoms with E-state index in [0.29, 0.717) is 16.8 Å². The van der Waals surface area contributed by atoms with Gasteiger partial charge >= 0.3 is 0 Å². The molecule has 0 fully saturated rings. The highest BCUT2D eigenvalue weighted by Crippen LogP contribution is 2.12. The number of hydrogen-bond acceptors (Lipinski definition) is 2. The monoisotopic (exact) mass is 254 g/mol. The molecular weight excluding hydrogens is 243 g/mol. The Kier molecular flexibility index (Phi) is 3.89. The molecule has 0 atom stereocenters. The summed E-state index contributed by atoms with van der Waals surface area (Å²) in [6.45, 7) is 0. The van der Waals surface area contributed by atoms with Crippen LogP contribution in [0.15, 0.2) is 48.5 Å². The lowest BCUT2D eigenvalue weighted by Gasteiger charge is -2.06. The van der Waals surface area contributed by atoms with Gasteiger partial charge in [-0.15, -0.1) is 0 Å². The second kappa shape index (κ2) is 5.78. The van der Waals surface area contributed by atoms with Crippen molar-refractivity contribution < 1.29 is 9.18 Å². The molecule has 94 valence electrons. The number of benzene rings is 2. The van der Waals surface area contributed by atoms with Crippen LogP contribution in [0.5, 0.6) is 0 Å². The predicted octanol–water partition coefficient (Wildman–Crippen LogP) is 2.88. The summed E-state index contributed by atoms with van der Waals surface area (Å²) in [5, 5.41) is 11.5. The van der Waals surface area contributed by atoms with Crippen molar-refractivity contribution in [3.63, 3.8) is 0 Å². The number of nitrogens with one attached hydrogen (secondary N) is 1. The third kappa shape index (κ3) is 3.39. The largest absolute Gasteiger partial charge is 0.326 e. The summed E-state index contributed by atoms with van der Waals surface area (Å²) in [6.07, 6.45) is 0.0836. The minimum absolute atomic E-state index is 0.0836. The third-order valence-electron chi connectivity index (χ3n) is 2.60. The van der Waals surface area contributed by atoms with Gasteiger partial charge in [-0.05, 0) is 29.8 Å². The standard InChI is InChI=1S/C15H11FN2O/c16-13-6-3-7-14(9-13)18-15(19)8-11-4-1-2-5-12(11)10-17/h1-7,9H,8H2,(H,18,19). The molecule has 1 N–H and O–H groups in total. The van der Waals surface area contributed by atoms with Crippen molar-refractivity contribution in [3.8, 4) is 6.07 Å². The van der Waals surface area contributed by atoms with Gasteiger partial charge < -0.3 is 5.32 Å². The maximum absolute atomic E-state index is 13.0. The van der Waals surface area contributed by atoms with E-state index >= 15 is 0 Å². The Balaban J connectivity index is 2.08. The van der Waals surface area contributed by atoms with Crippen molar-refractivity contribution in [2.45, 2.75) is 6.42 Å². The number of carbonyl (C=O) groups is 1. The number of rotatable bonds is 3. The van der Waals surface area contributed by atoms with Crippen molar-refractivity contribution >= 4 is 11.6 Å². The molecule has 4 heteroatoms. The van der Waals surface area contributed by atoms with Crippen LogP contribution in [0, 0.1) is 17.1 Å². The van der Waals surface area contributed by atoms with E-state index in [4.69, 9.17) is 5.26 Å². The molecule has 0 aliphatic rings. The van der Waals surface area contributed by atoms with Crippen LogP contribution in [0.1, 0.15) is 11.1 Å². The lowest BCUT2D eigenvalue weighted by molar-refractivity contribution is -0.115. The zero-order valence-corrected chi connectivity index (χ0v) is 10.1. The van der Waals surface area contributed by atoms with E-state index in [9.17, 15) is 9.18 Å². The van der Waals surface area contributed by atoms with Crippen LogP contribution >= 0.6 is 0 Å². The van der Waals surface area contributed by atoms with E-state index in [2.05, 4.69) is 5.32 Å². The first-order valence-electron chi connectivity index (χ1n) is 5.72. The van der Waals surface area contributed by atoms with E-state index in [1.54, 1.807) is 30.3 Å². The number of halogens is 1. The molecule has 2 aromatic carbocycles. The zero-order chi connectivity index (χ0) is 13.7. The summed E-state index contributed by atoms with van der Waals surface area (Å²) in [5.41, 5.74) is 1.52. The van der Waals surface area contributed by atoms with Crippen LogP contribution in [0.4, 0.5) is 10.1 Å². The molecule has 0 unspecified atom stereocenters. The molecule has 2 aromatic rings. The molecule has 0 saturated carbocycles. The summed E-state index contributed by atoms with van der Waals surface area (Å²) in [4.78, 5) is 11.8. The van der Waals surface area contributed by atoms with Gasteiger partial charge in [0.1, 0.15) is 5.82 Å². The number of anilines is 1. The Bertz CT molecular complexity index is 647. The zero-order valence-electron chi connectivity index (χ0n) is 10.1. The Morgan fingerprint density at radius 3 is 2.74 bits per heavy atom. The van der Waals surface area contributed by atoms with Crippen LogP contribution in [-0.2, 0) is 11.2 Å². The average Bonchev–Trinajstić information content (AvgIpc) is 2.39. The molecule has 19 heavy (non-hydrogen) atoms. The number of nitriles is 1. The van der Waals surface area contributed by atoms with Gasteiger partial charge in [-0.1, -0.05) is 24.3 Å². The second-order valence-electron chi connectivity index (χ2n) is 4.00. The fraction of sp³-hybridized carbons (Fsp3) is 0.0667. The van der Waals surface area contributed by atoms with Gasteiger partial charge in [0.25, 0.3) is 0 Å². The van der Waals surface area contributed by atoms with Gasteiger partial charge in [-0.2, -0.15) is 5.26 Å². The van der Waals surface area contributed by atoms with Crippen LogP contribution in [0.2, 0.25) is 0 Å². The summed E-state index contributed by atoms with van der Waals surface area (Å²) in [6, 6.07) is 14.6. The highest BCUT2D eigenvalue weighted by atomic mass is 19.1. The summed E-state index contributed by atoms with van der Waals surface area (Å²) in [5.74, 6) is -0.691. The minimum atomic E-state index is -0.407. The van der Waals surface area contributed by atoms with Crippen molar-refractivity contribution in [2.75, 3.05) is 5.32 Å². The maximum atomic E-state index is 13.0. The molecule has 2 rings (SSSR count). The molecule has 0 aliphatic heterocycles. The normalized spacial score (nSPS) is 9.68. The first kappa shape index (κ1) is 12.8. The lowest BCUT2D eigenvalue weighted by atomic mass is 10.1. The highest BCUT2D eigenvalue weighted by molar-refractivity contribution is 5.92. The molecule has 3 nitrogen and oxygen atoms in total. The van der Waals surface area contributed by atoms with Crippen LogP contribution in [0.3, 0.4) is 0 Å². The van der Waals surface area contributed by atoms with Crippen molar-refractivity contribution in [1.82, 2.24) is 0 Å². The molecule has 1 amide bonds. The van der Waals surface area contributed by atoms with E-state index in [1.807, 2.05) is 6.07 Å². The molecule has 0 aliphatic carbocycles. The molecule has 0 radical (unpaired) electrons. The third-order valence-corrected chi connectivity index (χ3v) is 2.60. The van der Waals surface area contributed by atoms with Gasteiger partial charge in [0.2, 0.25) is 5.91 Å². The molecule has 0 spiro atoms. The lowest BCUT2D eigenvalue weighted by Crippen LogP contribution is -2.15. The molecule has 0 aromatic heterocycles. The highest BCUT2D eigenvalue weighted by Gasteiger charge is 2.08. The van der Waals surface area contributed by atoms with Gasteiger partial charge in [-0.25, -0.2) is 4.39 Å². The summed E-state index contributed by atoms with van der Waals surface area (Å²) < 4.78 is 13.0. The Morgan fingerprint density at radius 2 is 2.00 bits per heavy atom. The van der Waals surface area contributed by atoms with E-state index < -0.39 is 5.82 Å². The van der Waals surface area contributed by atoms with Crippen LogP contribution in [0.25, 0.3) is 0 Å². The summed E-state index contributed by atoms with van der Waals surface area (Å²) >= 11 is 0. The first-order chi connectivity index (χ1) is 9.19. The van der Waals surface area contributed by atoms with Gasteiger partial charge in [-0.3, -0.25) is 4.79 Å². The Morgan fingerprint density at radius 1 is 1.21 bits per heavy atom. The Hall–Kier alpha value is -2.67. The topological polar surface area (TPSA) is 52.9 Å². The van der Waals surface area contributed by atoms with Crippen molar-refractivity contribution in [1.29, 1.82) is 5.26 Å². The van der Waals surface area contributed by atoms with Gasteiger partial charge in [0.15, 0.2) is 0 Å². The average molecular weight is 254 g/mol. The van der Waals surface area contributed by atoms with E-state index in [1.165, 1.54) is 18.2 Å². The van der Waals surface area contributed by atoms with Crippen molar-refractivity contribution in [2.24, 2.45) is 0 Å². The minimum Gasteiger partial charge on any atom is -0.326 e. The molecular formula is C15H11FN2O. The van der Waals surface area contributed by atoms with E-state index in [0.717, 1.165) is 0 Å². The van der Waals surface area contributed by atoms with E-state index in [-0.39, 0.29) is 12.3 Å². The SMILES string of the molecule is N#Cc1ccccc1CC(=O)Nc1cccc(F)c1. The van der Waals surface area contributed by atoms with Gasteiger partial charge in [0.05, 0.1) is 18.1 Å². The predicted molar refractivity (Wildman–Crippen MR) is 69.9 cm³/mol.